The molecule has 0 amide bonds. The Kier molecular flexibility index (Phi) is 6.98. The molecule has 1 aliphatic heterocycles. The molecule has 2 aromatic rings. The maximum atomic E-state index is 11.9. The van der Waals surface area contributed by atoms with Gasteiger partial charge in [0, 0.05) is 40.1 Å². The molecular formula is C19H22N4O9. The molecular weight excluding hydrogens is 428 g/mol. The third-order valence-corrected chi connectivity index (χ3v) is 4.40. The lowest BCUT2D eigenvalue weighted by atomic mass is 9.97. The van der Waals surface area contributed by atoms with Crippen LogP contribution in [-0.2, 0) is 42.9 Å². The summed E-state index contributed by atoms with van der Waals surface area (Å²) < 4.78 is 28.5. The maximum absolute atomic E-state index is 11.9. The van der Waals surface area contributed by atoms with Gasteiger partial charge >= 0.3 is 23.9 Å². The second-order valence-corrected chi connectivity index (χ2v) is 6.96. The minimum Gasteiger partial charge on any atom is -0.463 e. The summed E-state index contributed by atoms with van der Waals surface area (Å²) in [6, 6.07) is 0. The largest absolute Gasteiger partial charge is 0.463 e. The number of fused-ring (bicyclic) bond motifs is 1. The molecule has 0 spiro atoms. The van der Waals surface area contributed by atoms with Gasteiger partial charge in [-0.25, -0.2) is 14.6 Å². The van der Waals surface area contributed by atoms with Gasteiger partial charge in [0.25, 0.3) is 0 Å². The summed E-state index contributed by atoms with van der Waals surface area (Å²) in [4.78, 5) is 55.1. The standard InChI is InChI=1S/C19H22N4O9/c1-9(24)28-8-14-15(29-10(2)25)16(30-11(3)26)17(31-12(4)27)19(32-14)23-7-13-18(22-23)21-6-5-20-13/h5-7,14-17,19H,8H2,1-4H3/t14-,15-,16-,17-,19-/m1/s1. The van der Waals surface area contributed by atoms with Crippen molar-refractivity contribution in [2.75, 3.05) is 6.61 Å². The zero-order chi connectivity index (χ0) is 23.4. The normalized spacial score (nSPS) is 25.1. The zero-order valence-electron chi connectivity index (χ0n) is 17.8. The van der Waals surface area contributed by atoms with E-state index in [1.54, 1.807) is 0 Å². The van der Waals surface area contributed by atoms with Crippen LogP contribution < -0.4 is 0 Å². The van der Waals surface area contributed by atoms with E-state index in [2.05, 4.69) is 15.1 Å². The monoisotopic (exact) mass is 450 g/mol. The van der Waals surface area contributed by atoms with E-state index in [0.717, 1.165) is 20.8 Å². The van der Waals surface area contributed by atoms with Gasteiger partial charge in [0.2, 0.25) is 0 Å². The van der Waals surface area contributed by atoms with Crippen molar-refractivity contribution in [3.8, 4) is 0 Å². The van der Waals surface area contributed by atoms with E-state index in [1.807, 2.05) is 0 Å². The predicted octanol–water partition coefficient (Wildman–Crippen LogP) is 0.0819. The van der Waals surface area contributed by atoms with Crippen LogP contribution >= 0.6 is 0 Å². The van der Waals surface area contributed by atoms with Crippen molar-refractivity contribution >= 4 is 35.0 Å². The predicted molar refractivity (Wildman–Crippen MR) is 103 cm³/mol. The lowest BCUT2D eigenvalue weighted by Crippen LogP contribution is -2.60. The summed E-state index contributed by atoms with van der Waals surface area (Å²) in [6.07, 6.45) is -1.57. The number of carbonyl (C=O) groups excluding carboxylic acids is 4. The van der Waals surface area contributed by atoms with E-state index in [0.29, 0.717) is 11.2 Å². The van der Waals surface area contributed by atoms with Crippen molar-refractivity contribution in [3.05, 3.63) is 18.6 Å². The molecule has 172 valence electrons. The van der Waals surface area contributed by atoms with Crippen LogP contribution in [0.15, 0.2) is 18.6 Å². The molecule has 0 saturated carbocycles. The number of carbonyl (C=O) groups is 4. The summed E-state index contributed by atoms with van der Waals surface area (Å²) in [5.41, 5.74) is 0.723. The van der Waals surface area contributed by atoms with Gasteiger partial charge in [-0.3, -0.25) is 19.2 Å². The van der Waals surface area contributed by atoms with Crippen molar-refractivity contribution in [1.82, 2.24) is 19.7 Å². The number of esters is 4. The first-order valence-corrected chi connectivity index (χ1v) is 9.62. The minimum atomic E-state index is -1.28. The summed E-state index contributed by atoms with van der Waals surface area (Å²) in [7, 11) is 0. The van der Waals surface area contributed by atoms with Crippen LogP contribution in [0, 0.1) is 0 Å². The Morgan fingerprint density at radius 2 is 1.47 bits per heavy atom. The van der Waals surface area contributed by atoms with Gasteiger partial charge < -0.3 is 23.7 Å². The zero-order valence-corrected chi connectivity index (χ0v) is 17.8. The number of rotatable bonds is 6. The molecule has 0 N–H and O–H groups in total. The summed E-state index contributed by atoms with van der Waals surface area (Å²) >= 11 is 0. The van der Waals surface area contributed by atoms with E-state index >= 15 is 0 Å². The Hall–Kier alpha value is -3.61. The molecule has 32 heavy (non-hydrogen) atoms. The SMILES string of the molecule is CC(=O)OC[C@H]1O[C@@H](n2cc3nccnc3n2)[C@H](OC(C)=O)[C@H](OC(C)=O)[C@@H]1OC(C)=O. The molecule has 2 aromatic heterocycles. The van der Waals surface area contributed by atoms with E-state index in [9.17, 15) is 19.2 Å². The molecule has 0 bridgehead atoms. The van der Waals surface area contributed by atoms with Crippen molar-refractivity contribution in [2.45, 2.75) is 58.3 Å². The molecule has 1 fully saturated rings. The van der Waals surface area contributed by atoms with Crippen LogP contribution in [0.2, 0.25) is 0 Å². The molecule has 0 aromatic carbocycles. The van der Waals surface area contributed by atoms with Crippen LogP contribution in [0.1, 0.15) is 33.9 Å². The topological polar surface area (TPSA) is 158 Å². The van der Waals surface area contributed by atoms with E-state index in [1.165, 1.54) is 30.2 Å². The highest BCUT2D eigenvalue weighted by atomic mass is 16.7. The highest BCUT2D eigenvalue weighted by molar-refractivity contribution is 5.69. The average Bonchev–Trinajstić information content (AvgIpc) is 3.12. The highest BCUT2D eigenvalue weighted by Gasteiger charge is 2.53. The maximum Gasteiger partial charge on any atom is 0.303 e. The van der Waals surface area contributed by atoms with Crippen molar-refractivity contribution in [1.29, 1.82) is 0 Å². The van der Waals surface area contributed by atoms with Crippen molar-refractivity contribution in [3.63, 3.8) is 0 Å². The molecule has 13 nitrogen and oxygen atoms in total. The van der Waals surface area contributed by atoms with Gasteiger partial charge in [-0.05, 0) is 0 Å². The minimum absolute atomic E-state index is 0.292. The number of nitrogens with zero attached hydrogens (tertiary/aromatic N) is 4. The Bertz CT molecular complexity index is 990. The van der Waals surface area contributed by atoms with E-state index in [-0.39, 0.29) is 6.61 Å². The second kappa shape index (κ2) is 9.68. The third kappa shape index (κ3) is 5.35. The lowest BCUT2D eigenvalue weighted by molar-refractivity contribution is -0.270. The third-order valence-electron chi connectivity index (χ3n) is 4.40. The van der Waals surface area contributed by atoms with Crippen LogP contribution in [0.3, 0.4) is 0 Å². The summed E-state index contributed by atoms with van der Waals surface area (Å²) in [6.45, 7) is 4.33. The average molecular weight is 450 g/mol. The quantitative estimate of drug-likeness (QED) is 0.432. The smallest absolute Gasteiger partial charge is 0.303 e. The van der Waals surface area contributed by atoms with Gasteiger partial charge in [-0.2, -0.15) is 0 Å². The Morgan fingerprint density at radius 1 is 0.875 bits per heavy atom. The highest BCUT2D eigenvalue weighted by Crippen LogP contribution is 2.34. The Morgan fingerprint density at radius 3 is 2.06 bits per heavy atom. The summed E-state index contributed by atoms with van der Waals surface area (Å²) in [5.74, 6) is -2.73. The second-order valence-electron chi connectivity index (χ2n) is 6.96. The molecule has 13 heteroatoms. The van der Waals surface area contributed by atoms with Gasteiger partial charge in [-0.15, -0.1) is 5.10 Å². The summed E-state index contributed by atoms with van der Waals surface area (Å²) in [5, 5.41) is 4.29. The molecule has 0 radical (unpaired) electrons. The first-order valence-electron chi connectivity index (χ1n) is 9.62. The molecule has 1 aliphatic rings. The van der Waals surface area contributed by atoms with E-state index < -0.39 is 54.5 Å². The first-order chi connectivity index (χ1) is 15.2. The molecule has 1 saturated heterocycles. The van der Waals surface area contributed by atoms with Gasteiger partial charge in [0.15, 0.2) is 30.2 Å². The molecule has 5 atom stereocenters. The lowest BCUT2D eigenvalue weighted by Gasteiger charge is -2.44. The number of hydrogen-bond donors (Lipinski definition) is 0. The van der Waals surface area contributed by atoms with Crippen LogP contribution in [0.4, 0.5) is 0 Å². The van der Waals surface area contributed by atoms with Gasteiger partial charge in [0.1, 0.15) is 18.2 Å². The fourth-order valence-electron chi connectivity index (χ4n) is 3.32. The number of aromatic nitrogens is 4. The molecule has 3 rings (SSSR count). The Balaban J connectivity index is 2.07. The molecule has 0 aliphatic carbocycles. The van der Waals surface area contributed by atoms with Crippen LogP contribution in [0.5, 0.6) is 0 Å². The number of ether oxygens (including phenoxy) is 5. The first kappa shape index (κ1) is 23.1. The van der Waals surface area contributed by atoms with Crippen LogP contribution in [-0.4, -0.2) is 74.6 Å². The Labute approximate surface area is 181 Å². The molecule has 3 heterocycles. The van der Waals surface area contributed by atoms with Gasteiger partial charge in [-0.1, -0.05) is 0 Å². The molecule has 0 unspecified atom stereocenters. The van der Waals surface area contributed by atoms with Gasteiger partial charge in [0.05, 0.1) is 6.20 Å². The van der Waals surface area contributed by atoms with E-state index in [4.69, 9.17) is 23.7 Å². The van der Waals surface area contributed by atoms with Crippen molar-refractivity contribution < 1.29 is 42.9 Å². The fourth-order valence-corrected chi connectivity index (χ4v) is 3.32. The number of hydrogen-bond acceptors (Lipinski definition) is 12. The van der Waals surface area contributed by atoms with Crippen LogP contribution in [0.25, 0.3) is 11.2 Å². The fraction of sp³-hybridized carbons (Fsp3) is 0.526. The van der Waals surface area contributed by atoms with Crippen molar-refractivity contribution in [2.24, 2.45) is 0 Å².